The Labute approximate surface area is 178 Å². The van der Waals surface area contributed by atoms with Gasteiger partial charge in [0.1, 0.15) is 0 Å². The molecule has 0 N–H and O–H groups in total. The molecule has 1 fully saturated rings. The molecule has 0 aliphatic heterocycles. The maximum Gasteiger partial charge on any atom is 0.0178 e. The van der Waals surface area contributed by atoms with Gasteiger partial charge in [0.25, 0.3) is 0 Å². The lowest BCUT2D eigenvalue weighted by Crippen LogP contribution is -2.43. The zero-order valence-electron chi connectivity index (χ0n) is 15.4. The molecule has 1 aromatic rings. The molecule has 27 heavy (non-hydrogen) atoms. The largest absolute Gasteiger partial charge is 0.0882 e. The number of allylic oxidation sites excluding steroid dienone is 8. The van der Waals surface area contributed by atoms with Gasteiger partial charge in [0.2, 0.25) is 0 Å². The molecule has 1 saturated carbocycles. The van der Waals surface area contributed by atoms with Gasteiger partial charge in [-0.1, -0.05) is 80.0 Å². The summed E-state index contributed by atoms with van der Waals surface area (Å²) in [6, 6.07) is 7.12. The average Bonchev–Trinajstić information content (AvgIpc) is 3.14. The van der Waals surface area contributed by atoms with Gasteiger partial charge in [0.15, 0.2) is 0 Å². The molecule has 0 saturated heterocycles. The minimum absolute atomic E-state index is 0.224. The Kier molecular flexibility index (Phi) is 3.83. The summed E-state index contributed by atoms with van der Waals surface area (Å²) in [5.41, 5.74) is 5.23. The molecule has 0 radical (unpaired) electrons. The van der Waals surface area contributed by atoms with E-state index in [1.54, 1.807) is 16.7 Å². The zero-order valence-corrected chi connectivity index (χ0v) is 18.5. The smallest absolute Gasteiger partial charge is 0.0178 e. The third-order valence-corrected chi connectivity index (χ3v) is 9.06. The van der Waals surface area contributed by atoms with Crippen molar-refractivity contribution in [2.45, 2.75) is 43.4 Å². The average molecular weight is 484 g/mol. The van der Waals surface area contributed by atoms with Gasteiger partial charge < -0.3 is 0 Å². The molecule has 0 nitrogen and oxygen atoms in total. The number of fused-ring (bicyclic) bond motifs is 10. The van der Waals surface area contributed by atoms with Crippen molar-refractivity contribution in [2.24, 2.45) is 23.7 Å². The third kappa shape index (κ3) is 2.15. The number of rotatable bonds is 0. The van der Waals surface area contributed by atoms with E-state index in [9.17, 15) is 0 Å². The summed E-state index contributed by atoms with van der Waals surface area (Å²) in [5, 5.41) is 0. The van der Waals surface area contributed by atoms with E-state index >= 15 is 0 Å². The molecule has 0 amide bonds. The summed E-state index contributed by atoms with van der Waals surface area (Å²) in [7, 11) is 0. The summed E-state index contributed by atoms with van der Waals surface area (Å²) in [6.45, 7) is 0. The molecule has 6 unspecified atom stereocenters. The van der Waals surface area contributed by atoms with Crippen LogP contribution >= 0.6 is 31.9 Å². The Morgan fingerprint density at radius 3 is 2.85 bits per heavy atom. The molecule has 0 heterocycles. The predicted octanol–water partition coefficient (Wildman–Crippen LogP) is 7.57. The first kappa shape index (κ1) is 17.0. The first-order valence-corrected chi connectivity index (χ1v) is 12.0. The van der Waals surface area contributed by atoms with Crippen LogP contribution in [0.2, 0.25) is 0 Å². The maximum atomic E-state index is 3.82. The molecule has 2 heteroatoms. The minimum atomic E-state index is 0.224. The van der Waals surface area contributed by atoms with Crippen LogP contribution in [0.4, 0.5) is 0 Å². The van der Waals surface area contributed by atoms with Crippen LogP contribution in [0.15, 0.2) is 69.2 Å². The van der Waals surface area contributed by atoms with Gasteiger partial charge in [0.05, 0.1) is 0 Å². The van der Waals surface area contributed by atoms with E-state index in [1.165, 1.54) is 41.1 Å². The van der Waals surface area contributed by atoms with E-state index in [4.69, 9.17) is 0 Å². The van der Waals surface area contributed by atoms with Crippen molar-refractivity contribution in [3.05, 3.63) is 80.3 Å². The quantitative estimate of drug-likeness (QED) is 0.333. The van der Waals surface area contributed by atoms with Gasteiger partial charge in [0, 0.05) is 20.3 Å². The van der Waals surface area contributed by atoms with Crippen LogP contribution in [0.3, 0.4) is 0 Å². The molecule has 1 spiro atoms. The Morgan fingerprint density at radius 1 is 1.00 bits per heavy atom. The monoisotopic (exact) mass is 482 g/mol. The summed E-state index contributed by atoms with van der Waals surface area (Å²) in [5.74, 6) is 3.18. The van der Waals surface area contributed by atoms with Crippen molar-refractivity contribution >= 4 is 31.9 Å². The van der Waals surface area contributed by atoms with Gasteiger partial charge in [-0.25, -0.2) is 0 Å². The summed E-state index contributed by atoms with van der Waals surface area (Å²) in [4.78, 5) is 0. The molecule has 0 aromatic heterocycles. The van der Waals surface area contributed by atoms with Crippen LogP contribution in [0.1, 0.15) is 49.1 Å². The van der Waals surface area contributed by atoms with Crippen molar-refractivity contribution in [1.29, 1.82) is 0 Å². The van der Waals surface area contributed by atoms with Crippen LogP contribution in [-0.2, 0) is 5.41 Å². The van der Waals surface area contributed by atoms with Gasteiger partial charge >= 0.3 is 0 Å². The Morgan fingerprint density at radius 2 is 1.93 bits per heavy atom. The first-order chi connectivity index (χ1) is 13.2. The van der Waals surface area contributed by atoms with Gasteiger partial charge in [-0.15, -0.1) is 0 Å². The SMILES string of the molecule is BrC1=CC2C(C=C1)c1ccc(Br)cc1C21C2CCCC=C2C2CCC=CC21. The van der Waals surface area contributed by atoms with E-state index in [0.29, 0.717) is 23.7 Å². The number of hydrogen-bond acceptors (Lipinski definition) is 0. The van der Waals surface area contributed by atoms with Crippen molar-refractivity contribution in [3.8, 4) is 0 Å². The van der Waals surface area contributed by atoms with E-state index in [0.717, 1.165) is 5.92 Å². The van der Waals surface area contributed by atoms with E-state index < -0.39 is 0 Å². The minimum Gasteiger partial charge on any atom is -0.0882 e. The summed E-state index contributed by atoms with van der Waals surface area (Å²) in [6.07, 6.45) is 21.6. The highest BCUT2D eigenvalue weighted by Crippen LogP contribution is 2.70. The van der Waals surface area contributed by atoms with Gasteiger partial charge in [-0.3, -0.25) is 0 Å². The van der Waals surface area contributed by atoms with E-state index in [2.05, 4.69) is 86.5 Å². The van der Waals surface area contributed by atoms with Crippen LogP contribution in [0.25, 0.3) is 0 Å². The summed E-state index contributed by atoms with van der Waals surface area (Å²) < 4.78 is 2.50. The van der Waals surface area contributed by atoms with Gasteiger partial charge in [-0.05, 0) is 79.0 Å². The lowest BCUT2D eigenvalue weighted by Gasteiger charge is -2.44. The van der Waals surface area contributed by atoms with Crippen molar-refractivity contribution in [1.82, 2.24) is 0 Å². The molecular weight excluding hydrogens is 460 g/mol. The molecule has 1 aromatic carbocycles. The fourth-order valence-corrected chi connectivity index (χ4v) is 8.13. The second kappa shape index (κ2) is 6.07. The number of benzene rings is 1. The second-order valence-corrected chi connectivity index (χ2v) is 10.8. The molecule has 138 valence electrons. The van der Waals surface area contributed by atoms with E-state index in [1.807, 2.05) is 0 Å². The highest BCUT2D eigenvalue weighted by molar-refractivity contribution is 9.12. The van der Waals surface area contributed by atoms with Crippen LogP contribution in [-0.4, -0.2) is 0 Å². The lowest BCUT2D eigenvalue weighted by atomic mass is 9.58. The van der Waals surface area contributed by atoms with Crippen LogP contribution in [0, 0.1) is 23.7 Å². The molecule has 5 aliphatic rings. The fourth-order valence-electron chi connectivity index (χ4n) is 7.33. The molecule has 6 rings (SSSR count). The highest BCUT2D eigenvalue weighted by atomic mass is 79.9. The molecule has 5 aliphatic carbocycles. The first-order valence-electron chi connectivity index (χ1n) is 10.4. The third-order valence-electron chi connectivity index (χ3n) is 8.04. The normalized spacial score (nSPS) is 40.9. The highest BCUT2D eigenvalue weighted by Gasteiger charge is 2.65. The summed E-state index contributed by atoms with van der Waals surface area (Å²) >= 11 is 7.63. The molecule has 6 atom stereocenters. The van der Waals surface area contributed by atoms with Crippen LogP contribution < -0.4 is 0 Å². The Balaban J connectivity index is 1.68. The molecular formula is C25H24Br2. The fraction of sp³-hybridized carbons (Fsp3) is 0.440. The van der Waals surface area contributed by atoms with Crippen molar-refractivity contribution in [2.75, 3.05) is 0 Å². The van der Waals surface area contributed by atoms with Crippen LogP contribution in [0.5, 0.6) is 0 Å². The lowest BCUT2D eigenvalue weighted by molar-refractivity contribution is 0.188. The number of hydrogen-bond donors (Lipinski definition) is 0. The second-order valence-electron chi connectivity index (χ2n) is 8.95. The Bertz CT molecular complexity index is 934. The topological polar surface area (TPSA) is 0 Å². The standard InChI is InChI=1S/C25H24Br2/c26-15-9-11-19-20-12-10-16(27)14-24(20)25(23(19)13-15)21-7-3-1-5-17(21)18-6-2-4-8-22(18)25/h3,6-7,9-14,17,19,21-23H,1-2,4-5,8H2. The van der Waals surface area contributed by atoms with Crippen molar-refractivity contribution < 1.29 is 0 Å². The predicted molar refractivity (Wildman–Crippen MR) is 119 cm³/mol. The van der Waals surface area contributed by atoms with Gasteiger partial charge in [-0.2, -0.15) is 0 Å². The zero-order chi connectivity index (χ0) is 18.2. The molecule has 0 bridgehead atoms. The van der Waals surface area contributed by atoms with E-state index in [-0.39, 0.29) is 5.41 Å². The van der Waals surface area contributed by atoms with Crippen molar-refractivity contribution in [3.63, 3.8) is 0 Å². The number of halogens is 2. The Hall–Kier alpha value is -0.860. The maximum absolute atomic E-state index is 3.82.